The summed E-state index contributed by atoms with van der Waals surface area (Å²) < 4.78 is 3.68. The highest BCUT2D eigenvalue weighted by atomic mass is 35.7. The molecule has 0 spiro atoms. The lowest BCUT2D eigenvalue weighted by atomic mass is 10.6. The van der Waals surface area contributed by atoms with Crippen molar-refractivity contribution < 1.29 is 4.79 Å². The molecule has 1 heterocycles. The predicted molar refractivity (Wildman–Crippen MR) is 37.4 cm³/mol. The molecular formula is C3H4ClN3OS. The number of urea groups is 1. The summed E-state index contributed by atoms with van der Waals surface area (Å²) in [5.74, 6) is 0.569. The summed E-state index contributed by atoms with van der Waals surface area (Å²) in [6, 6.07) is -0.223. The maximum atomic E-state index is 10.4. The normalized spacial score (nSPS) is 21.9. The molecule has 2 N–H and O–H groups in total. The van der Waals surface area contributed by atoms with Crippen molar-refractivity contribution in [3.63, 3.8) is 0 Å². The fraction of sp³-hybridized carbons (Fsp3) is 0.333. The summed E-state index contributed by atoms with van der Waals surface area (Å²) in [5.41, 5.74) is 0. The SMILES string of the molecule is O=C1NCC(=NSCl)N1. The van der Waals surface area contributed by atoms with Crippen LogP contribution in [-0.2, 0) is 0 Å². The minimum Gasteiger partial charge on any atom is -0.331 e. The molecule has 0 unspecified atom stereocenters. The number of carbonyl (C=O) groups excluding carboxylic acids is 1. The Balaban J connectivity index is 2.47. The Kier molecular flexibility index (Phi) is 2.18. The molecule has 9 heavy (non-hydrogen) atoms. The van der Waals surface area contributed by atoms with E-state index >= 15 is 0 Å². The second kappa shape index (κ2) is 2.93. The van der Waals surface area contributed by atoms with Crippen molar-refractivity contribution >= 4 is 33.7 Å². The number of halogens is 1. The summed E-state index contributed by atoms with van der Waals surface area (Å²) in [5, 5.41) is 4.95. The zero-order chi connectivity index (χ0) is 6.69. The van der Waals surface area contributed by atoms with E-state index in [1.165, 1.54) is 0 Å². The number of nitrogens with zero attached hydrogens (tertiary/aromatic N) is 1. The van der Waals surface area contributed by atoms with Crippen molar-refractivity contribution in [1.82, 2.24) is 10.6 Å². The van der Waals surface area contributed by atoms with Gasteiger partial charge in [-0.1, -0.05) is 0 Å². The van der Waals surface area contributed by atoms with Crippen LogP contribution in [0, 0.1) is 0 Å². The van der Waals surface area contributed by atoms with Gasteiger partial charge in [-0.25, -0.2) is 4.79 Å². The van der Waals surface area contributed by atoms with Crippen molar-refractivity contribution in [1.29, 1.82) is 0 Å². The average Bonchev–Trinajstić information content (AvgIpc) is 2.17. The van der Waals surface area contributed by atoms with Crippen LogP contribution in [0.25, 0.3) is 0 Å². The van der Waals surface area contributed by atoms with Crippen LogP contribution in [0.1, 0.15) is 0 Å². The molecule has 0 aromatic carbocycles. The van der Waals surface area contributed by atoms with Gasteiger partial charge >= 0.3 is 6.03 Å². The van der Waals surface area contributed by atoms with Gasteiger partial charge in [0.25, 0.3) is 0 Å². The van der Waals surface area contributed by atoms with E-state index in [1.54, 1.807) is 0 Å². The highest BCUT2D eigenvalue weighted by Crippen LogP contribution is 2.06. The first kappa shape index (κ1) is 6.70. The summed E-state index contributed by atoms with van der Waals surface area (Å²) in [7, 11) is 5.18. The number of rotatable bonds is 1. The molecule has 0 aromatic heterocycles. The molecule has 6 heteroatoms. The van der Waals surface area contributed by atoms with E-state index in [0.29, 0.717) is 12.4 Å². The van der Waals surface area contributed by atoms with Gasteiger partial charge in [-0.2, -0.15) is 4.40 Å². The van der Waals surface area contributed by atoms with Crippen molar-refractivity contribution in [3.05, 3.63) is 0 Å². The standard InChI is InChI=1S/C3H4ClN3OS/c4-9-7-2-1-5-3(8)6-2/h1H2,(H2,5,6,7,8). The topological polar surface area (TPSA) is 53.5 Å². The van der Waals surface area contributed by atoms with E-state index in [4.69, 9.17) is 10.7 Å². The Morgan fingerprint density at radius 1 is 1.78 bits per heavy atom. The molecule has 0 aromatic rings. The Bertz CT molecular complexity index is 159. The summed E-state index contributed by atoms with van der Waals surface area (Å²) in [4.78, 5) is 10.4. The van der Waals surface area contributed by atoms with E-state index in [2.05, 4.69) is 15.0 Å². The number of carbonyl (C=O) groups is 1. The number of amidine groups is 1. The second-order valence-electron chi connectivity index (χ2n) is 1.41. The van der Waals surface area contributed by atoms with Crippen molar-refractivity contribution in [3.8, 4) is 0 Å². The van der Waals surface area contributed by atoms with Gasteiger partial charge in [-0.3, -0.25) is 5.32 Å². The smallest absolute Gasteiger partial charge is 0.320 e. The highest BCUT2D eigenvalue weighted by molar-refractivity contribution is 8.20. The first-order valence-electron chi connectivity index (χ1n) is 2.22. The van der Waals surface area contributed by atoms with E-state index in [1.807, 2.05) is 0 Å². The largest absolute Gasteiger partial charge is 0.331 e. The molecule has 0 bridgehead atoms. The van der Waals surface area contributed by atoms with Crippen molar-refractivity contribution in [2.24, 2.45) is 4.40 Å². The van der Waals surface area contributed by atoms with Crippen molar-refractivity contribution in [2.75, 3.05) is 6.54 Å². The molecule has 0 radical (unpaired) electrons. The van der Waals surface area contributed by atoms with Crippen LogP contribution in [0.2, 0.25) is 0 Å². The third-order valence-electron chi connectivity index (χ3n) is 0.819. The molecule has 0 saturated carbocycles. The molecule has 4 nitrogen and oxygen atoms in total. The molecule has 1 saturated heterocycles. The van der Waals surface area contributed by atoms with Crippen LogP contribution >= 0.6 is 21.8 Å². The summed E-state index contributed by atoms with van der Waals surface area (Å²) >= 11 is 0.806. The van der Waals surface area contributed by atoms with Gasteiger partial charge in [0.2, 0.25) is 0 Å². The maximum absolute atomic E-state index is 10.4. The quantitative estimate of drug-likeness (QED) is 0.556. The second-order valence-corrected chi connectivity index (χ2v) is 2.15. The third-order valence-corrected chi connectivity index (χ3v) is 1.32. The van der Waals surface area contributed by atoms with Crippen LogP contribution in [0.3, 0.4) is 0 Å². The number of hydrogen-bond acceptors (Lipinski definition) is 3. The van der Waals surface area contributed by atoms with E-state index in [0.717, 1.165) is 11.2 Å². The minimum absolute atomic E-state index is 0.223. The highest BCUT2D eigenvalue weighted by Gasteiger charge is 2.13. The van der Waals surface area contributed by atoms with Gasteiger partial charge in [0, 0.05) is 0 Å². The van der Waals surface area contributed by atoms with E-state index in [9.17, 15) is 4.79 Å². The molecule has 1 fully saturated rings. The zero-order valence-electron chi connectivity index (χ0n) is 4.35. The molecule has 1 rings (SSSR count). The van der Waals surface area contributed by atoms with Gasteiger partial charge in [0.05, 0.1) is 17.7 Å². The van der Waals surface area contributed by atoms with Gasteiger partial charge in [-0.15, -0.1) is 0 Å². The molecule has 2 amide bonds. The van der Waals surface area contributed by atoms with Crippen LogP contribution < -0.4 is 10.6 Å². The Morgan fingerprint density at radius 2 is 2.56 bits per heavy atom. The van der Waals surface area contributed by atoms with Crippen LogP contribution in [0.15, 0.2) is 4.40 Å². The third kappa shape index (κ3) is 1.76. The Labute approximate surface area is 60.7 Å². The first-order chi connectivity index (χ1) is 4.33. The molecule has 1 aliphatic heterocycles. The van der Waals surface area contributed by atoms with Gasteiger partial charge < -0.3 is 5.32 Å². The van der Waals surface area contributed by atoms with E-state index in [-0.39, 0.29) is 6.03 Å². The molecular weight excluding hydrogens is 162 g/mol. The molecule has 1 aliphatic rings. The zero-order valence-corrected chi connectivity index (χ0v) is 5.92. The predicted octanol–water partition coefficient (Wildman–Crippen LogP) is 0.500. The lowest BCUT2D eigenvalue weighted by Crippen LogP contribution is -2.22. The summed E-state index contributed by atoms with van der Waals surface area (Å²) in [6.45, 7) is 0.443. The van der Waals surface area contributed by atoms with Gasteiger partial charge in [0.15, 0.2) is 0 Å². The Hall–Kier alpha value is -0.420. The van der Waals surface area contributed by atoms with Crippen LogP contribution in [0.5, 0.6) is 0 Å². The Morgan fingerprint density at radius 3 is 3.00 bits per heavy atom. The van der Waals surface area contributed by atoms with Gasteiger partial charge in [0.1, 0.15) is 5.84 Å². The maximum Gasteiger partial charge on any atom is 0.320 e. The molecule has 0 aliphatic carbocycles. The summed E-state index contributed by atoms with van der Waals surface area (Å²) in [6.07, 6.45) is 0. The van der Waals surface area contributed by atoms with Gasteiger partial charge in [-0.05, 0) is 10.7 Å². The van der Waals surface area contributed by atoms with Crippen molar-refractivity contribution in [2.45, 2.75) is 0 Å². The fourth-order valence-corrected chi connectivity index (χ4v) is 0.924. The number of amides is 2. The minimum atomic E-state index is -0.223. The van der Waals surface area contributed by atoms with Crippen LogP contribution in [-0.4, -0.2) is 18.4 Å². The fourth-order valence-electron chi connectivity index (χ4n) is 0.480. The number of hydrogen-bond donors (Lipinski definition) is 2. The first-order valence-corrected chi connectivity index (χ1v) is 3.82. The lowest BCUT2D eigenvalue weighted by molar-refractivity contribution is 0.249. The average molecular weight is 166 g/mol. The molecule has 0 atom stereocenters. The lowest BCUT2D eigenvalue weighted by Gasteiger charge is -1.86. The van der Waals surface area contributed by atoms with E-state index < -0.39 is 0 Å². The number of nitrogens with one attached hydrogen (secondary N) is 2. The van der Waals surface area contributed by atoms with Crippen LogP contribution in [0.4, 0.5) is 4.79 Å². The molecule has 50 valence electrons. The monoisotopic (exact) mass is 165 g/mol.